The predicted octanol–water partition coefficient (Wildman–Crippen LogP) is 2.84. The number of phenolic OH excluding ortho intramolecular Hbond substituents is 1. The Balaban J connectivity index is 1.63. The summed E-state index contributed by atoms with van der Waals surface area (Å²) in [5, 5.41) is 22.4. The van der Waals surface area contributed by atoms with E-state index < -0.39 is 0 Å². The second-order valence-electron chi connectivity index (χ2n) is 6.23. The van der Waals surface area contributed by atoms with Crippen LogP contribution >= 0.6 is 0 Å². The van der Waals surface area contributed by atoms with E-state index in [4.69, 9.17) is 0 Å². The van der Waals surface area contributed by atoms with Crippen molar-refractivity contribution in [2.75, 3.05) is 31.1 Å². The first kappa shape index (κ1) is 15.9. The van der Waals surface area contributed by atoms with Crippen molar-refractivity contribution in [3.63, 3.8) is 0 Å². The van der Waals surface area contributed by atoms with Crippen molar-refractivity contribution in [2.45, 2.75) is 31.7 Å². The fourth-order valence-electron chi connectivity index (χ4n) is 3.52. The van der Waals surface area contributed by atoms with Crippen LogP contribution in [0.25, 0.3) is 0 Å². The highest BCUT2D eigenvalue weighted by Gasteiger charge is 2.27. The zero-order valence-corrected chi connectivity index (χ0v) is 13.4. The molecule has 0 aromatic heterocycles. The molecule has 3 rings (SSSR count). The molecule has 0 bridgehead atoms. The number of anilines is 1. The lowest BCUT2D eigenvalue weighted by Crippen LogP contribution is -2.52. The fraction of sp³-hybridized carbons (Fsp3) is 0.500. The van der Waals surface area contributed by atoms with Crippen molar-refractivity contribution < 1.29 is 10.3 Å². The van der Waals surface area contributed by atoms with Gasteiger partial charge in [-0.15, -0.1) is 0 Å². The van der Waals surface area contributed by atoms with Crippen LogP contribution < -0.4 is 4.90 Å². The predicted molar refractivity (Wildman–Crippen MR) is 92.5 cm³/mol. The number of phenols is 1. The lowest BCUT2D eigenvalue weighted by atomic mass is 9.96. The second kappa shape index (κ2) is 7.51. The van der Waals surface area contributed by atoms with Crippen LogP contribution in [0.15, 0.2) is 41.6 Å². The Morgan fingerprint density at radius 3 is 2.35 bits per heavy atom. The summed E-state index contributed by atoms with van der Waals surface area (Å²) in [6, 6.07) is 7.66. The van der Waals surface area contributed by atoms with E-state index in [1.165, 1.54) is 0 Å². The Bertz CT molecular complexity index is 560. The molecule has 1 heterocycles. The molecule has 2 N–H and O–H groups in total. The highest BCUT2D eigenvalue weighted by Crippen LogP contribution is 2.22. The van der Waals surface area contributed by atoms with E-state index in [2.05, 4.69) is 27.1 Å². The van der Waals surface area contributed by atoms with Gasteiger partial charge < -0.3 is 15.2 Å². The van der Waals surface area contributed by atoms with Gasteiger partial charge in [0, 0.05) is 31.9 Å². The van der Waals surface area contributed by atoms with E-state index in [9.17, 15) is 10.3 Å². The maximum absolute atomic E-state index is 9.40. The van der Waals surface area contributed by atoms with Gasteiger partial charge in [-0.1, -0.05) is 17.3 Å². The topological polar surface area (TPSA) is 59.3 Å². The van der Waals surface area contributed by atoms with Gasteiger partial charge in [-0.25, -0.2) is 0 Å². The summed E-state index contributed by atoms with van der Waals surface area (Å²) in [4.78, 5) is 4.79. The third kappa shape index (κ3) is 3.85. The number of oxime groups is 1. The monoisotopic (exact) mass is 315 g/mol. The van der Waals surface area contributed by atoms with Crippen molar-refractivity contribution in [3.05, 3.63) is 36.4 Å². The summed E-state index contributed by atoms with van der Waals surface area (Å²) >= 11 is 0. The number of hydrogen-bond acceptors (Lipinski definition) is 5. The van der Waals surface area contributed by atoms with Gasteiger partial charge in [0.05, 0.1) is 11.8 Å². The fourth-order valence-corrected chi connectivity index (χ4v) is 3.52. The van der Waals surface area contributed by atoms with Crippen molar-refractivity contribution in [3.8, 4) is 5.75 Å². The maximum atomic E-state index is 9.40. The molecule has 1 atom stereocenters. The molecule has 5 heteroatoms. The molecular formula is C18H25N3O2. The first-order valence-electron chi connectivity index (χ1n) is 8.42. The van der Waals surface area contributed by atoms with Crippen LogP contribution in [0.2, 0.25) is 0 Å². The average Bonchev–Trinajstić information content (AvgIpc) is 2.56. The Morgan fingerprint density at radius 2 is 1.65 bits per heavy atom. The number of nitrogens with zero attached hydrogens (tertiary/aromatic N) is 3. The first-order valence-corrected chi connectivity index (χ1v) is 8.42. The molecule has 1 aliphatic carbocycles. The number of hydrogen-bond donors (Lipinski definition) is 2. The minimum atomic E-state index is 0.256. The van der Waals surface area contributed by atoms with Gasteiger partial charge in [0.15, 0.2) is 0 Å². The summed E-state index contributed by atoms with van der Waals surface area (Å²) in [7, 11) is 0. The van der Waals surface area contributed by atoms with Crippen LogP contribution in [0, 0.1) is 0 Å². The van der Waals surface area contributed by atoms with E-state index >= 15 is 0 Å². The Morgan fingerprint density at radius 1 is 0.957 bits per heavy atom. The van der Waals surface area contributed by atoms with Crippen LogP contribution in [-0.4, -0.2) is 53.1 Å². The van der Waals surface area contributed by atoms with Crippen molar-refractivity contribution in [1.82, 2.24) is 4.90 Å². The smallest absolute Gasteiger partial charge is 0.115 e. The molecule has 5 nitrogen and oxygen atoms in total. The van der Waals surface area contributed by atoms with Gasteiger partial charge in [-0.3, -0.25) is 4.90 Å². The molecule has 1 saturated heterocycles. The van der Waals surface area contributed by atoms with Gasteiger partial charge in [-0.2, -0.15) is 0 Å². The van der Waals surface area contributed by atoms with E-state index in [1.54, 1.807) is 12.1 Å². The molecule has 23 heavy (non-hydrogen) atoms. The molecule has 1 unspecified atom stereocenters. The number of benzene rings is 1. The average molecular weight is 315 g/mol. The van der Waals surface area contributed by atoms with Gasteiger partial charge in [0.2, 0.25) is 0 Å². The standard InChI is InChI=1S/C18H25N3O2/c22-16-9-7-15(8-10-16)20-11-13-21(14-12-20)18-6-4-2-1-3-5-17(18)19-23/h1-2,7-10,18,22-23H,3-6,11-14H2/b2-1-,19-17+. The third-order valence-corrected chi connectivity index (χ3v) is 4.82. The van der Waals surface area contributed by atoms with Crippen molar-refractivity contribution >= 4 is 11.4 Å². The molecule has 0 radical (unpaired) electrons. The highest BCUT2D eigenvalue weighted by molar-refractivity contribution is 5.89. The highest BCUT2D eigenvalue weighted by atomic mass is 16.4. The molecular weight excluding hydrogens is 290 g/mol. The molecule has 0 spiro atoms. The second-order valence-corrected chi connectivity index (χ2v) is 6.23. The Kier molecular flexibility index (Phi) is 5.18. The molecule has 124 valence electrons. The number of rotatable bonds is 2. The zero-order chi connectivity index (χ0) is 16.1. The van der Waals surface area contributed by atoms with Crippen LogP contribution in [0.1, 0.15) is 25.7 Å². The first-order chi connectivity index (χ1) is 11.3. The summed E-state index contributed by atoms with van der Waals surface area (Å²) < 4.78 is 0. The minimum Gasteiger partial charge on any atom is -0.508 e. The SMILES string of the molecule is O/N=C1\CC/C=C\CCC1N1CCN(c2ccc(O)cc2)CC1. The summed E-state index contributed by atoms with van der Waals surface area (Å²) in [6.07, 6.45) is 8.30. The van der Waals surface area contributed by atoms with Crippen LogP contribution in [-0.2, 0) is 0 Å². The molecule has 0 saturated carbocycles. The lowest BCUT2D eigenvalue weighted by Gasteiger charge is -2.40. The van der Waals surface area contributed by atoms with Crippen LogP contribution in [0.4, 0.5) is 5.69 Å². The summed E-state index contributed by atoms with van der Waals surface area (Å²) in [6.45, 7) is 3.84. The minimum absolute atomic E-state index is 0.256. The molecule has 2 aliphatic rings. The van der Waals surface area contributed by atoms with Crippen LogP contribution in [0.5, 0.6) is 5.75 Å². The van der Waals surface area contributed by atoms with Crippen molar-refractivity contribution in [1.29, 1.82) is 0 Å². The van der Waals surface area contributed by atoms with Gasteiger partial charge in [-0.05, 0) is 49.9 Å². The molecule has 1 aromatic carbocycles. The zero-order valence-electron chi connectivity index (χ0n) is 13.4. The summed E-state index contributed by atoms with van der Waals surface area (Å²) in [5.74, 6) is 0.304. The van der Waals surface area contributed by atoms with E-state index in [0.717, 1.165) is 63.3 Å². The molecule has 1 aromatic rings. The number of allylic oxidation sites excluding steroid dienone is 2. The van der Waals surface area contributed by atoms with Gasteiger partial charge in [0.25, 0.3) is 0 Å². The van der Waals surface area contributed by atoms with Crippen molar-refractivity contribution in [2.24, 2.45) is 5.16 Å². The molecule has 0 amide bonds. The van der Waals surface area contributed by atoms with E-state index in [0.29, 0.717) is 5.75 Å². The summed E-state index contributed by atoms with van der Waals surface area (Å²) in [5.41, 5.74) is 2.08. The Hall–Kier alpha value is -2.01. The third-order valence-electron chi connectivity index (χ3n) is 4.82. The molecule has 1 fully saturated rings. The maximum Gasteiger partial charge on any atom is 0.115 e. The van der Waals surface area contributed by atoms with Gasteiger partial charge >= 0.3 is 0 Å². The quantitative estimate of drug-likeness (QED) is 0.500. The van der Waals surface area contributed by atoms with E-state index in [-0.39, 0.29) is 6.04 Å². The normalized spacial score (nSPS) is 26.7. The lowest BCUT2D eigenvalue weighted by molar-refractivity contribution is 0.211. The van der Waals surface area contributed by atoms with E-state index in [1.807, 2.05) is 12.1 Å². The number of piperazine rings is 1. The largest absolute Gasteiger partial charge is 0.508 e. The van der Waals surface area contributed by atoms with Gasteiger partial charge in [0.1, 0.15) is 5.75 Å². The Labute approximate surface area is 137 Å². The van der Waals surface area contributed by atoms with Crippen LogP contribution in [0.3, 0.4) is 0 Å². The number of aromatic hydroxyl groups is 1. The molecule has 1 aliphatic heterocycles.